The van der Waals surface area contributed by atoms with Crippen LogP contribution in [0.2, 0.25) is 0 Å². The first-order valence-corrected chi connectivity index (χ1v) is 7.53. The van der Waals surface area contributed by atoms with Crippen molar-refractivity contribution >= 4 is 23.2 Å². The second-order valence-electron chi connectivity index (χ2n) is 5.14. The largest absolute Gasteiger partial charge is 0.497 e. The predicted octanol–water partition coefficient (Wildman–Crippen LogP) is 1.60. The van der Waals surface area contributed by atoms with Crippen molar-refractivity contribution in [2.24, 2.45) is 5.10 Å². The normalized spacial score (nSPS) is 11.0. The Bertz CT molecular complexity index is 920. The van der Waals surface area contributed by atoms with E-state index in [1.807, 2.05) is 24.3 Å². The summed E-state index contributed by atoms with van der Waals surface area (Å²) in [4.78, 5) is 12.1. The highest BCUT2D eigenvalue weighted by molar-refractivity contribution is 5.86. The molecule has 0 radical (unpaired) electrons. The topological polar surface area (TPSA) is 90.6 Å². The van der Waals surface area contributed by atoms with Crippen molar-refractivity contribution in [1.82, 2.24) is 20.4 Å². The van der Waals surface area contributed by atoms with Crippen LogP contribution >= 0.6 is 0 Å². The fourth-order valence-electron chi connectivity index (χ4n) is 2.32. The van der Waals surface area contributed by atoms with Crippen molar-refractivity contribution in [2.45, 2.75) is 6.54 Å². The second-order valence-corrected chi connectivity index (χ2v) is 5.14. The van der Waals surface area contributed by atoms with Crippen molar-refractivity contribution in [2.75, 3.05) is 14.2 Å². The van der Waals surface area contributed by atoms with Crippen LogP contribution in [0.4, 0.5) is 0 Å². The Morgan fingerprint density at radius 1 is 1.24 bits per heavy atom. The number of rotatable bonds is 6. The third-order valence-corrected chi connectivity index (χ3v) is 3.54. The third kappa shape index (κ3) is 3.74. The highest BCUT2D eigenvalue weighted by Gasteiger charge is 2.08. The number of nitrogens with zero attached hydrogens (tertiary/aromatic N) is 4. The fraction of sp³-hybridized carbons (Fsp3) is 0.176. The Morgan fingerprint density at radius 2 is 2.08 bits per heavy atom. The summed E-state index contributed by atoms with van der Waals surface area (Å²) in [5, 5.41) is 11.9. The van der Waals surface area contributed by atoms with Gasteiger partial charge in [0.2, 0.25) is 0 Å². The number of amides is 1. The molecule has 0 bridgehead atoms. The molecular formula is C17H17N5O3. The average molecular weight is 339 g/mol. The minimum absolute atomic E-state index is 0.0209. The zero-order valence-electron chi connectivity index (χ0n) is 13.8. The number of hydrazone groups is 1. The smallest absolute Gasteiger partial charge is 0.261 e. The van der Waals surface area contributed by atoms with Crippen molar-refractivity contribution in [3.05, 3.63) is 48.0 Å². The van der Waals surface area contributed by atoms with Crippen LogP contribution in [0.5, 0.6) is 11.5 Å². The van der Waals surface area contributed by atoms with Crippen LogP contribution < -0.4 is 14.9 Å². The zero-order chi connectivity index (χ0) is 17.6. The van der Waals surface area contributed by atoms with Gasteiger partial charge in [0.05, 0.1) is 26.0 Å². The Kier molecular flexibility index (Phi) is 4.89. The first kappa shape index (κ1) is 16.4. The van der Waals surface area contributed by atoms with E-state index in [2.05, 4.69) is 20.8 Å². The molecule has 0 aliphatic heterocycles. The monoisotopic (exact) mass is 339 g/mol. The minimum Gasteiger partial charge on any atom is -0.497 e. The average Bonchev–Trinajstić information content (AvgIpc) is 3.04. The van der Waals surface area contributed by atoms with Gasteiger partial charge in [0.25, 0.3) is 5.91 Å². The summed E-state index contributed by atoms with van der Waals surface area (Å²) in [6.07, 6.45) is 1.50. The summed E-state index contributed by atoms with van der Waals surface area (Å²) >= 11 is 0. The van der Waals surface area contributed by atoms with Crippen LogP contribution in [-0.4, -0.2) is 41.3 Å². The van der Waals surface area contributed by atoms with Crippen molar-refractivity contribution in [1.29, 1.82) is 0 Å². The predicted molar refractivity (Wildman–Crippen MR) is 92.8 cm³/mol. The molecule has 2 aromatic carbocycles. The van der Waals surface area contributed by atoms with Crippen LogP contribution in [0.1, 0.15) is 5.56 Å². The molecule has 0 saturated carbocycles. The molecule has 0 aliphatic rings. The van der Waals surface area contributed by atoms with E-state index in [0.29, 0.717) is 17.1 Å². The number of hydrogen-bond donors (Lipinski definition) is 1. The number of nitrogens with one attached hydrogen (secondary N) is 1. The molecule has 1 heterocycles. The summed E-state index contributed by atoms with van der Waals surface area (Å²) in [5.74, 6) is 0.984. The van der Waals surface area contributed by atoms with Gasteiger partial charge in [-0.1, -0.05) is 17.3 Å². The quantitative estimate of drug-likeness (QED) is 0.544. The van der Waals surface area contributed by atoms with Crippen molar-refractivity contribution in [3.63, 3.8) is 0 Å². The molecule has 0 atom stereocenters. The number of carbonyl (C=O) groups excluding carboxylic acids is 1. The molecule has 128 valence electrons. The second kappa shape index (κ2) is 7.43. The van der Waals surface area contributed by atoms with Gasteiger partial charge in [-0.2, -0.15) is 5.10 Å². The summed E-state index contributed by atoms with van der Waals surface area (Å²) in [6.45, 7) is 0.0209. The van der Waals surface area contributed by atoms with Crippen molar-refractivity contribution in [3.8, 4) is 11.5 Å². The summed E-state index contributed by atoms with van der Waals surface area (Å²) < 4.78 is 11.9. The summed E-state index contributed by atoms with van der Waals surface area (Å²) in [5.41, 5.74) is 4.68. The van der Waals surface area contributed by atoms with E-state index < -0.39 is 0 Å². The number of methoxy groups -OCH3 is 2. The molecule has 3 aromatic rings. The number of para-hydroxylation sites is 1. The molecular weight excluding hydrogens is 322 g/mol. The Morgan fingerprint density at radius 3 is 2.88 bits per heavy atom. The fourth-order valence-corrected chi connectivity index (χ4v) is 2.32. The van der Waals surface area contributed by atoms with E-state index in [4.69, 9.17) is 9.47 Å². The molecule has 0 aliphatic carbocycles. The highest BCUT2D eigenvalue weighted by atomic mass is 16.5. The first-order chi connectivity index (χ1) is 12.2. The third-order valence-electron chi connectivity index (χ3n) is 3.54. The van der Waals surface area contributed by atoms with Crippen LogP contribution in [0, 0.1) is 0 Å². The maximum atomic E-state index is 12.1. The molecule has 8 nitrogen and oxygen atoms in total. The lowest BCUT2D eigenvalue weighted by Crippen LogP contribution is -2.23. The summed E-state index contributed by atoms with van der Waals surface area (Å²) in [7, 11) is 3.14. The van der Waals surface area contributed by atoms with Gasteiger partial charge in [-0.25, -0.2) is 10.1 Å². The number of ether oxygens (including phenoxy) is 2. The van der Waals surface area contributed by atoms with Gasteiger partial charge in [0, 0.05) is 5.56 Å². The lowest BCUT2D eigenvalue weighted by atomic mass is 10.2. The van der Waals surface area contributed by atoms with E-state index >= 15 is 0 Å². The number of carbonyl (C=O) groups is 1. The Labute approximate surface area is 144 Å². The number of aromatic nitrogens is 3. The molecule has 0 fully saturated rings. The lowest BCUT2D eigenvalue weighted by Gasteiger charge is -2.06. The van der Waals surface area contributed by atoms with Crippen molar-refractivity contribution < 1.29 is 14.3 Å². The van der Waals surface area contributed by atoms with E-state index in [9.17, 15) is 4.79 Å². The Hall–Kier alpha value is -3.42. The standard InChI is InChI=1S/C17H17N5O3/c1-24-13-7-8-16(25-2)12(9-13)10-18-20-17(23)11-22-15-6-4-3-5-14(15)19-21-22/h3-10H,11H2,1-2H3,(H,20,23). The van der Waals surface area contributed by atoms with Gasteiger partial charge < -0.3 is 9.47 Å². The molecule has 3 rings (SSSR count). The van der Waals surface area contributed by atoms with E-state index in [-0.39, 0.29) is 12.5 Å². The van der Waals surface area contributed by atoms with Gasteiger partial charge >= 0.3 is 0 Å². The van der Waals surface area contributed by atoms with Crippen LogP contribution in [-0.2, 0) is 11.3 Å². The zero-order valence-corrected chi connectivity index (χ0v) is 13.8. The van der Waals surface area contributed by atoms with Crippen LogP contribution in [0.25, 0.3) is 11.0 Å². The molecule has 0 unspecified atom stereocenters. The molecule has 0 spiro atoms. The molecule has 8 heteroatoms. The maximum absolute atomic E-state index is 12.1. The van der Waals surface area contributed by atoms with Gasteiger partial charge in [-0.05, 0) is 30.3 Å². The van der Waals surface area contributed by atoms with Crippen LogP contribution in [0.3, 0.4) is 0 Å². The van der Waals surface area contributed by atoms with E-state index in [1.165, 1.54) is 10.9 Å². The molecule has 25 heavy (non-hydrogen) atoms. The number of hydrogen-bond acceptors (Lipinski definition) is 6. The number of fused-ring (bicyclic) bond motifs is 1. The molecule has 0 saturated heterocycles. The first-order valence-electron chi connectivity index (χ1n) is 7.53. The Balaban J connectivity index is 1.67. The molecule has 1 amide bonds. The van der Waals surface area contributed by atoms with Crippen LogP contribution in [0.15, 0.2) is 47.6 Å². The minimum atomic E-state index is -0.311. The molecule has 1 N–H and O–H groups in total. The highest BCUT2D eigenvalue weighted by Crippen LogP contribution is 2.22. The lowest BCUT2D eigenvalue weighted by molar-refractivity contribution is -0.121. The molecule has 1 aromatic heterocycles. The SMILES string of the molecule is COc1ccc(OC)c(C=NNC(=O)Cn2nnc3ccccc32)c1. The van der Waals surface area contributed by atoms with E-state index in [0.717, 1.165) is 11.0 Å². The summed E-state index contributed by atoms with van der Waals surface area (Å²) in [6, 6.07) is 12.7. The van der Waals surface area contributed by atoms with E-state index in [1.54, 1.807) is 32.4 Å². The van der Waals surface area contributed by atoms with Gasteiger partial charge in [0.15, 0.2) is 0 Å². The van der Waals surface area contributed by atoms with Gasteiger partial charge in [0.1, 0.15) is 23.6 Å². The maximum Gasteiger partial charge on any atom is 0.261 e. The van der Waals surface area contributed by atoms with Gasteiger partial charge in [-0.3, -0.25) is 4.79 Å². The number of benzene rings is 2. The van der Waals surface area contributed by atoms with Gasteiger partial charge in [-0.15, -0.1) is 5.10 Å².